The van der Waals surface area contributed by atoms with Crippen LogP contribution in [-0.4, -0.2) is 61.0 Å². The highest BCUT2D eigenvalue weighted by Crippen LogP contribution is 2.35. The van der Waals surface area contributed by atoms with E-state index in [0.29, 0.717) is 41.7 Å². The molecule has 2 N–H and O–H groups in total. The molecule has 1 amide bonds. The Labute approximate surface area is 249 Å². The van der Waals surface area contributed by atoms with Gasteiger partial charge in [-0.05, 0) is 60.4 Å². The van der Waals surface area contributed by atoms with E-state index in [4.69, 9.17) is 27.9 Å². The van der Waals surface area contributed by atoms with Crippen LogP contribution in [-0.2, 0) is 11.2 Å². The van der Waals surface area contributed by atoms with Gasteiger partial charge in [0.15, 0.2) is 5.15 Å². The van der Waals surface area contributed by atoms with Gasteiger partial charge in [-0.15, -0.1) is 5.10 Å². The maximum absolute atomic E-state index is 13.5. The first kappa shape index (κ1) is 27.7. The monoisotopic (exact) mass is 605 g/mol. The third-order valence-corrected chi connectivity index (χ3v) is 7.67. The van der Waals surface area contributed by atoms with Crippen molar-refractivity contribution in [3.63, 3.8) is 0 Å². The third kappa shape index (κ3) is 5.29. The van der Waals surface area contributed by atoms with E-state index in [9.17, 15) is 14.7 Å². The summed E-state index contributed by atoms with van der Waals surface area (Å²) in [5.41, 5.74) is 5.05. The number of pyridine rings is 1. The van der Waals surface area contributed by atoms with Crippen LogP contribution in [0.2, 0.25) is 10.2 Å². The van der Waals surface area contributed by atoms with Gasteiger partial charge in [-0.3, -0.25) is 9.69 Å². The van der Waals surface area contributed by atoms with Crippen LogP contribution >= 0.6 is 23.2 Å². The van der Waals surface area contributed by atoms with Crippen molar-refractivity contribution in [2.45, 2.75) is 18.9 Å². The first-order chi connectivity index (χ1) is 20.3. The van der Waals surface area contributed by atoms with Crippen LogP contribution in [0.4, 0.5) is 10.5 Å². The van der Waals surface area contributed by atoms with Crippen molar-refractivity contribution >= 4 is 35.0 Å². The van der Waals surface area contributed by atoms with Crippen molar-refractivity contribution in [2.75, 3.05) is 25.2 Å². The van der Waals surface area contributed by atoms with Crippen molar-refractivity contribution < 1.29 is 14.6 Å². The number of benzene rings is 2. The fourth-order valence-corrected chi connectivity index (χ4v) is 5.60. The van der Waals surface area contributed by atoms with Gasteiger partial charge in [0.05, 0.1) is 43.0 Å². The number of H-pyrrole nitrogens is 1. The maximum atomic E-state index is 13.5. The van der Waals surface area contributed by atoms with E-state index in [0.717, 1.165) is 28.1 Å². The van der Waals surface area contributed by atoms with Crippen molar-refractivity contribution in [1.29, 1.82) is 0 Å². The van der Waals surface area contributed by atoms with Crippen molar-refractivity contribution in [3.8, 4) is 28.1 Å². The SMILES string of the molecule is COCCN(C(=O)O)c1ccc(-c2cnc([C@@H]3CCc4cc(-c5cc(Cl)ccc5-n5cc(Cl)nn5)cc(=O)n43)[nH]2)cc1. The normalized spacial score (nSPS) is 14.2. The molecule has 0 saturated carbocycles. The summed E-state index contributed by atoms with van der Waals surface area (Å²) in [6.45, 7) is 0.517. The molecule has 11 nitrogen and oxygen atoms in total. The molecule has 0 bridgehead atoms. The lowest BCUT2D eigenvalue weighted by Gasteiger charge is -2.19. The molecular formula is C29H25Cl2N7O4. The number of aromatic nitrogens is 6. The Morgan fingerprint density at radius 2 is 1.95 bits per heavy atom. The molecule has 6 rings (SSSR count). The van der Waals surface area contributed by atoms with Crippen LogP contribution in [0.1, 0.15) is 24.0 Å². The van der Waals surface area contributed by atoms with Gasteiger partial charge in [-0.25, -0.2) is 14.5 Å². The van der Waals surface area contributed by atoms with E-state index < -0.39 is 6.09 Å². The van der Waals surface area contributed by atoms with Crippen molar-refractivity contribution in [2.24, 2.45) is 0 Å². The number of carbonyl (C=O) groups is 1. The fraction of sp³-hybridized carbons (Fsp3) is 0.207. The molecule has 214 valence electrons. The van der Waals surface area contributed by atoms with Gasteiger partial charge in [0.1, 0.15) is 5.82 Å². The topological polar surface area (TPSA) is 131 Å². The molecule has 0 fully saturated rings. The zero-order chi connectivity index (χ0) is 29.4. The van der Waals surface area contributed by atoms with E-state index in [1.54, 1.807) is 52.0 Å². The van der Waals surface area contributed by atoms with Crippen LogP contribution < -0.4 is 10.5 Å². The number of methoxy groups -OCH3 is 1. The second kappa shape index (κ2) is 11.4. The molecule has 0 saturated heterocycles. The zero-order valence-electron chi connectivity index (χ0n) is 22.4. The fourth-order valence-electron chi connectivity index (χ4n) is 5.30. The van der Waals surface area contributed by atoms with E-state index in [1.165, 1.54) is 12.0 Å². The Kier molecular flexibility index (Phi) is 7.55. The van der Waals surface area contributed by atoms with Gasteiger partial charge in [-0.1, -0.05) is 40.5 Å². The van der Waals surface area contributed by atoms with E-state index in [2.05, 4.69) is 20.3 Å². The summed E-state index contributed by atoms with van der Waals surface area (Å²) in [5.74, 6) is 0.677. The largest absolute Gasteiger partial charge is 0.465 e. The molecule has 5 aromatic rings. The van der Waals surface area contributed by atoms with Crippen LogP contribution in [0.3, 0.4) is 0 Å². The van der Waals surface area contributed by atoms with Crippen LogP contribution in [0.25, 0.3) is 28.1 Å². The Balaban J connectivity index is 1.28. The average molecular weight is 606 g/mol. The molecule has 0 radical (unpaired) electrons. The number of aromatic amines is 1. The minimum atomic E-state index is -1.05. The molecule has 2 aromatic carbocycles. The standard InChI is InChI=1S/C29H25Cl2N7O4/c1-42-11-10-36(29(40)41)20-5-2-17(3-6-20)23-15-32-28(33-23)25-9-7-21-12-18(13-27(39)38(21)25)22-14-19(30)4-8-24(22)37-16-26(31)34-35-37/h2-6,8,12-16,25H,7,9-11H2,1H3,(H,32,33)(H,40,41)/t25-/m0/s1. The van der Waals surface area contributed by atoms with Crippen LogP contribution in [0.5, 0.6) is 0 Å². The van der Waals surface area contributed by atoms with E-state index in [1.807, 2.05) is 24.3 Å². The summed E-state index contributed by atoms with van der Waals surface area (Å²) in [4.78, 5) is 34.4. The number of nitrogens with one attached hydrogen (secondary N) is 1. The van der Waals surface area contributed by atoms with Gasteiger partial charge in [0, 0.05) is 35.1 Å². The lowest BCUT2D eigenvalue weighted by molar-refractivity contribution is 0.186. The molecule has 42 heavy (non-hydrogen) atoms. The van der Waals surface area contributed by atoms with Gasteiger partial charge in [0.2, 0.25) is 0 Å². The Morgan fingerprint density at radius 3 is 2.67 bits per heavy atom. The number of aryl methyl sites for hydroxylation is 1. The van der Waals surface area contributed by atoms with Crippen molar-refractivity contribution in [3.05, 3.63) is 99.0 Å². The quantitative estimate of drug-likeness (QED) is 0.240. The first-order valence-electron chi connectivity index (χ1n) is 13.1. The zero-order valence-corrected chi connectivity index (χ0v) is 23.9. The van der Waals surface area contributed by atoms with Gasteiger partial charge in [0.25, 0.3) is 5.56 Å². The van der Waals surface area contributed by atoms with Crippen LogP contribution in [0.15, 0.2) is 71.8 Å². The predicted molar refractivity (Wildman–Crippen MR) is 159 cm³/mol. The summed E-state index contributed by atoms with van der Waals surface area (Å²) in [6.07, 6.45) is 3.67. The number of fused-ring (bicyclic) bond motifs is 1. The summed E-state index contributed by atoms with van der Waals surface area (Å²) in [7, 11) is 1.53. The first-order valence-corrected chi connectivity index (χ1v) is 13.9. The van der Waals surface area contributed by atoms with Gasteiger partial charge in [-0.2, -0.15) is 0 Å². The molecule has 1 atom stereocenters. The number of amides is 1. The number of halogens is 2. The molecule has 3 aromatic heterocycles. The van der Waals surface area contributed by atoms with Gasteiger partial charge < -0.3 is 19.4 Å². The number of anilines is 1. The molecule has 1 aliphatic heterocycles. The Bertz CT molecular complexity index is 1830. The molecule has 0 spiro atoms. The summed E-state index contributed by atoms with van der Waals surface area (Å²) < 4.78 is 8.35. The highest BCUT2D eigenvalue weighted by molar-refractivity contribution is 6.31. The van der Waals surface area contributed by atoms with Crippen molar-refractivity contribution in [1.82, 2.24) is 29.5 Å². The number of hydrogen-bond donors (Lipinski definition) is 2. The number of nitrogens with zero attached hydrogens (tertiary/aromatic N) is 6. The third-order valence-electron chi connectivity index (χ3n) is 7.27. The summed E-state index contributed by atoms with van der Waals surface area (Å²) in [5, 5.41) is 18.3. The van der Waals surface area contributed by atoms with E-state index >= 15 is 0 Å². The lowest BCUT2D eigenvalue weighted by Crippen LogP contribution is -2.32. The second-order valence-corrected chi connectivity index (χ2v) is 10.6. The van der Waals surface area contributed by atoms with E-state index in [-0.39, 0.29) is 23.3 Å². The molecular weight excluding hydrogens is 581 g/mol. The summed E-state index contributed by atoms with van der Waals surface area (Å²) in [6, 6.07) is 15.8. The summed E-state index contributed by atoms with van der Waals surface area (Å²) >= 11 is 12.3. The number of ether oxygens (including phenoxy) is 1. The highest BCUT2D eigenvalue weighted by Gasteiger charge is 2.28. The number of hydrogen-bond acceptors (Lipinski definition) is 6. The minimum absolute atomic E-state index is 0.153. The smallest absolute Gasteiger partial charge is 0.411 e. The Morgan fingerprint density at radius 1 is 1.14 bits per heavy atom. The van der Waals surface area contributed by atoms with Crippen LogP contribution in [0, 0.1) is 0 Å². The molecule has 0 aliphatic carbocycles. The predicted octanol–water partition coefficient (Wildman–Crippen LogP) is 5.46. The molecule has 0 unspecified atom stereocenters. The second-order valence-electron chi connectivity index (χ2n) is 9.80. The molecule has 4 heterocycles. The molecule has 1 aliphatic rings. The number of rotatable bonds is 8. The molecule has 13 heteroatoms. The highest BCUT2D eigenvalue weighted by atomic mass is 35.5. The van der Waals surface area contributed by atoms with Gasteiger partial charge >= 0.3 is 6.09 Å². The number of imidazole rings is 1. The lowest BCUT2D eigenvalue weighted by atomic mass is 10.0. The number of carboxylic acid groups (broad SMARTS) is 1. The minimum Gasteiger partial charge on any atom is -0.465 e. The maximum Gasteiger partial charge on any atom is 0.411 e. The Hall–Kier alpha value is -4.45. The average Bonchev–Trinajstić information content (AvgIpc) is 3.73.